The van der Waals surface area contributed by atoms with Crippen molar-refractivity contribution in [2.24, 2.45) is 0 Å². The molecular weight excluding hydrogens is 414 g/mol. The van der Waals surface area contributed by atoms with Gasteiger partial charge in [0.1, 0.15) is 23.8 Å². The van der Waals surface area contributed by atoms with Crippen LogP contribution >= 0.6 is 0 Å². The van der Waals surface area contributed by atoms with Crippen molar-refractivity contribution in [1.82, 2.24) is 20.3 Å². The molecule has 3 aromatic rings. The number of fused-ring (bicyclic) bond motifs is 1. The highest BCUT2D eigenvalue weighted by atomic mass is 19.1. The van der Waals surface area contributed by atoms with Crippen molar-refractivity contribution in [2.75, 3.05) is 36.4 Å². The van der Waals surface area contributed by atoms with E-state index in [2.05, 4.69) is 30.5 Å². The molecule has 0 amide bonds. The molecule has 1 aliphatic heterocycles. The van der Waals surface area contributed by atoms with Crippen LogP contribution in [0.25, 0.3) is 6.08 Å². The van der Waals surface area contributed by atoms with Crippen LogP contribution in [0.4, 0.5) is 26.1 Å². The number of ether oxygens (including phenoxy) is 1. The van der Waals surface area contributed by atoms with Crippen LogP contribution in [0.2, 0.25) is 0 Å². The quantitative estimate of drug-likeness (QED) is 0.625. The Labute approximate surface area is 184 Å². The lowest BCUT2D eigenvalue weighted by Crippen LogP contribution is -2.43. The number of nitrogens with zero attached hydrogens (tertiary/aromatic N) is 4. The van der Waals surface area contributed by atoms with Crippen molar-refractivity contribution in [3.05, 3.63) is 65.1 Å². The van der Waals surface area contributed by atoms with Crippen LogP contribution < -0.4 is 20.3 Å². The van der Waals surface area contributed by atoms with Gasteiger partial charge in [0.2, 0.25) is 5.88 Å². The fourth-order valence-corrected chi connectivity index (χ4v) is 3.92. The Morgan fingerprint density at radius 3 is 2.69 bits per heavy atom. The highest BCUT2D eigenvalue weighted by Gasteiger charge is 2.23. The molecule has 3 heterocycles. The van der Waals surface area contributed by atoms with E-state index in [0.717, 1.165) is 43.5 Å². The molecule has 7 nitrogen and oxygen atoms in total. The van der Waals surface area contributed by atoms with Gasteiger partial charge in [-0.3, -0.25) is 0 Å². The lowest BCUT2D eigenvalue weighted by atomic mass is 10.1. The summed E-state index contributed by atoms with van der Waals surface area (Å²) in [5.74, 6) is -0.187. The molecule has 2 aliphatic rings. The summed E-state index contributed by atoms with van der Waals surface area (Å²) in [6, 6.07) is 6.44. The monoisotopic (exact) mass is 436 g/mol. The Balaban J connectivity index is 1.31. The maximum absolute atomic E-state index is 14.8. The standard InChI is InChI=1S/C23H22F2N6O/c1-14-8-16-17(9-14)23(25)19(10-18(16)24)32-22-11-21(28-13-29-22)30-20-3-2-15(12-27-20)31-6-4-26-5-7-31/h2-3,9-13,26H,4-8H2,1H3,(H,27,28,29,30). The Morgan fingerprint density at radius 2 is 1.91 bits per heavy atom. The highest BCUT2D eigenvalue weighted by Crippen LogP contribution is 2.36. The number of halogens is 2. The van der Waals surface area contributed by atoms with Crippen molar-refractivity contribution in [3.8, 4) is 11.6 Å². The number of hydrogen-bond acceptors (Lipinski definition) is 7. The average Bonchev–Trinajstić information content (AvgIpc) is 3.21. The predicted molar refractivity (Wildman–Crippen MR) is 118 cm³/mol. The number of aromatic nitrogens is 3. The van der Waals surface area contributed by atoms with Gasteiger partial charge in [0.25, 0.3) is 0 Å². The van der Waals surface area contributed by atoms with Gasteiger partial charge in [-0.15, -0.1) is 0 Å². The molecule has 0 spiro atoms. The summed E-state index contributed by atoms with van der Waals surface area (Å²) in [6.45, 7) is 5.63. The van der Waals surface area contributed by atoms with E-state index in [1.54, 1.807) is 6.08 Å². The molecule has 32 heavy (non-hydrogen) atoms. The summed E-state index contributed by atoms with van der Waals surface area (Å²) in [4.78, 5) is 14.9. The van der Waals surface area contributed by atoms with Gasteiger partial charge in [-0.2, -0.15) is 0 Å². The van der Waals surface area contributed by atoms with Gasteiger partial charge in [-0.05, 0) is 25.5 Å². The third-order valence-corrected chi connectivity index (χ3v) is 5.51. The largest absolute Gasteiger partial charge is 0.436 e. The molecule has 0 saturated carbocycles. The first-order chi connectivity index (χ1) is 15.6. The third kappa shape index (κ3) is 4.11. The number of anilines is 3. The molecule has 1 aromatic carbocycles. The van der Waals surface area contributed by atoms with Crippen LogP contribution in [0.3, 0.4) is 0 Å². The van der Waals surface area contributed by atoms with E-state index in [9.17, 15) is 8.78 Å². The van der Waals surface area contributed by atoms with Gasteiger partial charge in [-0.1, -0.05) is 11.6 Å². The molecule has 9 heteroatoms. The van der Waals surface area contributed by atoms with E-state index in [4.69, 9.17) is 4.74 Å². The summed E-state index contributed by atoms with van der Waals surface area (Å²) >= 11 is 0. The SMILES string of the molecule is CC1=Cc2c(F)c(Oc3cc(Nc4ccc(N5CCNCC5)cn4)ncn3)cc(F)c2C1. The summed E-state index contributed by atoms with van der Waals surface area (Å²) < 4.78 is 34.8. The summed E-state index contributed by atoms with van der Waals surface area (Å²) in [5.41, 5.74) is 2.55. The number of pyridine rings is 1. The van der Waals surface area contributed by atoms with Crippen LogP contribution in [0.15, 0.2) is 42.4 Å². The molecule has 0 atom stereocenters. The fraction of sp³-hybridized carbons (Fsp3) is 0.261. The maximum atomic E-state index is 14.8. The van der Waals surface area contributed by atoms with E-state index in [1.807, 2.05) is 25.3 Å². The van der Waals surface area contributed by atoms with E-state index in [-0.39, 0.29) is 17.2 Å². The smallest absolute Gasteiger partial charge is 0.224 e. The van der Waals surface area contributed by atoms with Gasteiger partial charge in [-0.25, -0.2) is 23.7 Å². The van der Waals surface area contributed by atoms with Crippen LogP contribution in [0.5, 0.6) is 11.6 Å². The number of allylic oxidation sites excluding steroid dienone is 1. The summed E-state index contributed by atoms with van der Waals surface area (Å²) in [5, 5.41) is 6.41. The second-order valence-electron chi connectivity index (χ2n) is 7.84. The Hall–Kier alpha value is -3.59. The Morgan fingerprint density at radius 1 is 1.06 bits per heavy atom. The molecule has 1 aliphatic carbocycles. The van der Waals surface area contributed by atoms with Crippen molar-refractivity contribution in [1.29, 1.82) is 0 Å². The molecule has 5 rings (SSSR count). The Kier molecular flexibility index (Phi) is 5.40. The Bertz CT molecular complexity index is 1180. The van der Waals surface area contributed by atoms with E-state index in [1.165, 1.54) is 12.4 Å². The van der Waals surface area contributed by atoms with E-state index >= 15 is 0 Å². The molecule has 1 saturated heterocycles. The van der Waals surface area contributed by atoms with Gasteiger partial charge in [0.05, 0.1) is 11.9 Å². The van der Waals surface area contributed by atoms with Gasteiger partial charge < -0.3 is 20.3 Å². The molecule has 1 fully saturated rings. The normalized spacial score (nSPS) is 15.3. The summed E-state index contributed by atoms with van der Waals surface area (Å²) in [7, 11) is 0. The molecular formula is C23H22F2N6O. The number of piperazine rings is 1. The van der Waals surface area contributed by atoms with Crippen LogP contribution in [-0.4, -0.2) is 41.1 Å². The topological polar surface area (TPSA) is 75.2 Å². The predicted octanol–water partition coefficient (Wildman–Crippen LogP) is 4.05. The molecule has 0 bridgehead atoms. The van der Waals surface area contributed by atoms with Crippen LogP contribution in [-0.2, 0) is 6.42 Å². The fourth-order valence-electron chi connectivity index (χ4n) is 3.92. The number of rotatable bonds is 5. The van der Waals surface area contributed by atoms with Crippen LogP contribution in [0, 0.1) is 11.6 Å². The molecule has 2 aromatic heterocycles. The van der Waals surface area contributed by atoms with E-state index in [0.29, 0.717) is 23.6 Å². The minimum Gasteiger partial charge on any atom is -0.436 e. The lowest BCUT2D eigenvalue weighted by Gasteiger charge is -2.29. The van der Waals surface area contributed by atoms with Gasteiger partial charge in [0, 0.05) is 49.4 Å². The molecule has 0 radical (unpaired) electrons. The lowest BCUT2D eigenvalue weighted by molar-refractivity contribution is 0.420. The number of hydrogen-bond donors (Lipinski definition) is 2. The number of benzene rings is 1. The van der Waals surface area contributed by atoms with Crippen molar-refractivity contribution < 1.29 is 13.5 Å². The first-order valence-electron chi connectivity index (χ1n) is 10.4. The highest BCUT2D eigenvalue weighted by molar-refractivity contribution is 5.66. The molecule has 0 unspecified atom stereocenters. The first-order valence-corrected chi connectivity index (χ1v) is 10.4. The van der Waals surface area contributed by atoms with Gasteiger partial charge in [0.15, 0.2) is 11.6 Å². The minimum atomic E-state index is -0.600. The van der Waals surface area contributed by atoms with Crippen molar-refractivity contribution in [2.45, 2.75) is 13.3 Å². The third-order valence-electron chi connectivity index (χ3n) is 5.51. The van der Waals surface area contributed by atoms with E-state index < -0.39 is 11.6 Å². The second-order valence-corrected chi connectivity index (χ2v) is 7.84. The van der Waals surface area contributed by atoms with Gasteiger partial charge >= 0.3 is 0 Å². The average molecular weight is 436 g/mol. The van der Waals surface area contributed by atoms with Crippen molar-refractivity contribution >= 4 is 23.4 Å². The second kappa shape index (κ2) is 8.51. The molecule has 2 N–H and O–H groups in total. The minimum absolute atomic E-state index is 0.0943. The zero-order valence-corrected chi connectivity index (χ0v) is 17.5. The maximum Gasteiger partial charge on any atom is 0.224 e. The molecule has 164 valence electrons. The number of nitrogens with one attached hydrogen (secondary N) is 2. The first kappa shape index (κ1) is 20.3. The van der Waals surface area contributed by atoms with Crippen molar-refractivity contribution in [3.63, 3.8) is 0 Å². The zero-order valence-electron chi connectivity index (χ0n) is 17.5. The zero-order chi connectivity index (χ0) is 22.1. The van der Waals surface area contributed by atoms with Crippen LogP contribution in [0.1, 0.15) is 18.1 Å². The summed E-state index contributed by atoms with van der Waals surface area (Å²) in [6.07, 6.45) is 5.15.